The summed E-state index contributed by atoms with van der Waals surface area (Å²) in [5.41, 5.74) is 0.633. The van der Waals surface area contributed by atoms with E-state index in [1.807, 2.05) is 40.8 Å². The van der Waals surface area contributed by atoms with Gasteiger partial charge >= 0.3 is 7.12 Å². The number of halogens is 2. The average Bonchev–Trinajstić information content (AvgIpc) is 2.62. The first-order valence-corrected chi connectivity index (χ1v) is 7.56. The zero-order chi connectivity index (χ0) is 16.5. The fourth-order valence-corrected chi connectivity index (χ4v) is 2.23. The van der Waals surface area contributed by atoms with E-state index in [2.05, 4.69) is 10.3 Å². The largest absolute Gasteiger partial charge is 0.491 e. The Kier molecular flexibility index (Phi) is 4.97. The van der Waals surface area contributed by atoms with Gasteiger partial charge in [0, 0.05) is 12.7 Å². The van der Waals surface area contributed by atoms with Gasteiger partial charge in [0.05, 0.1) is 11.2 Å². The van der Waals surface area contributed by atoms with Crippen molar-refractivity contribution >= 4 is 24.8 Å². The highest BCUT2D eigenvalue weighted by atomic mass is 35.5. The monoisotopic (exact) mass is 326 g/mol. The first-order valence-electron chi connectivity index (χ1n) is 7.18. The molecular formula is C15H21BClFN2O2. The number of aromatic nitrogens is 1. The number of likely N-dealkylation sites (N-methyl/N-ethyl adjacent to an activating group) is 1. The summed E-state index contributed by atoms with van der Waals surface area (Å²) in [5.74, 6) is -0.548. The highest BCUT2D eigenvalue weighted by Gasteiger charge is 2.52. The third-order valence-electron chi connectivity index (χ3n) is 4.11. The number of hydrogen-bond acceptors (Lipinski definition) is 4. The second kappa shape index (κ2) is 6.28. The van der Waals surface area contributed by atoms with Crippen LogP contribution in [0, 0.1) is 5.82 Å². The highest BCUT2D eigenvalue weighted by Crippen LogP contribution is 2.38. The van der Waals surface area contributed by atoms with Crippen molar-refractivity contribution in [3.05, 3.63) is 34.3 Å². The van der Waals surface area contributed by atoms with Crippen LogP contribution in [-0.4, -0.2) is 36.9 Å². The quantitative estimate of drug-likeness (QED) is 0.682. The van der Waals surface area contributed by atoms with E-state index in [1.165, 1.54) is 12.3 Å². The van der Waals surface area contributed by atoms with E-state index in [9.17, 15) is 4.39 Å². The maximum absolute atomic E-state index is 13.5. The van der Waals surface area contributed by atoms with Crippen molar-refractivity contribution in [1.82, 2.24) is 10.3 Å². The fraction of sp³-hybridized carbons (Fsp3) is 0.533. The molecule has 1 N–H and O–H groups in total. The van der Waals surface area contributed by atoms with Crippen molar-refractivity contribution in [2.75, 3.05) is 13.6 Å². The summed E-state index contributed by atoms with van der Waals surface area (Å²) >= 11 is 5.61. The summed E-state index contributed by atoms with van der Waals surface area (Å²) in [4.78, 5) is 3.82. The average molecular weight is 327 g/mol. The Morgan fingerprint density at radius 1 is 1.36 bits per heavy atom. The molecule has 1 aliphatic rings. The Morgan fingerprint density at radius 2 is 1.95 bits per heavy atom. The summed E-state index contributed by atoms with van der Waals surface area (Å²) in [6, 6.07) is 1.34. The van der Waals surface area contributed by atoms with Crippen LogP contribution in [0.1, 0.15) is 33.3 Å². The maximum Gasteiger partial charge on any atom is 0.491 e. The smallest absolute Gasteiger partial charge is 0.400 e. The number of rotatable bonds is 4. The fourth-order valence-electron chi connectivity index (χ4n) is 2.13. The minimum Gasteiger partial charge on any atom is -0.400 e. The van der Waals surface area contributed by atoms with Gasteiger partial charge in [-0.1, -0.05) is 17.7 Å². The number of nitrogens with zero attached hydrogens (tertiary/aromatic N) is 1. The summed E-state index contributed by atoms with van der Waals surface area (Å²) < 4.78 is 25.6. The lowest BCUT2D eigenvalue weighted by atomic mass is 9.77. The van der Waals surface area contributed by atoms with Crippen molar-refractivity contribution in [3.63, 3.8) is 0 Å². The van der Waals surface area contributed by atoms with E-state index in [0.29, 0.717) is 12.1 Å². The van der Waals surface area contributed by atoms with Gasteiger partial charge in [-0.2, -0.15) is 0 Å². The molecule has 0 aliphatic carbocycles. The molecule has 22 heavy (non-hydrogen) atoms. The van der Waals surface area contributed by atoms with Crippen LogP contribution in [0.4, 0.5) is 4.39 Å². The van der Waals surface area contributed by atoms with Crippen molar-refractivity contribution in [2.45, 2.75) is 38.9 Å². The predicted molar refractivity (Wildman–Crippen MR) is 87.2 cm³/mol. The Labute approximate surface area is 136 Å². The normalized spacial score (nSPS) is 20.5. The Hall–Kier alpha value is -0.945. The van der Waals surface area contributed by atoms with E-state index in [4.69, 9.17) is 20.9 Å². The van der Waals surface area contributed by atoms with Crippen LogP contribution in [0.3, 0.4) is 0 Å². The van der Waals surface area contributed by atoms with E-state index in [1.54, 1.807) is 0 Å². The van der Waals surface area contributed by atoms with Crippen LogP contribution in [0.25, 0.3) is 6.08 Å². The van der Waals surface area contributed by atoms with E-state index in [0.717, 1.165) is 5.47 Å². The van der Waals surface area contributed by atoms with E-state index < -0.39 is 24.1 Å². The molecule has 2 heterocycles. The SMILES string of the molecule is CNCC(=Cc1cnc(Cl)c(F)c1)B1OC(C)(C)C(C)(C)O1. The second-order valence-electron chi connectivity index (χ2n) is 6.38. The highest BCUT2D eigenvalue weighted by molar-refractivity contribution is 6.55. The summed E-state index contributed by atoms with van der Waals surface area (Å²) in [6.07, 6.45) is 3.33. The van der Waals surface area contributed by atoms with Crippen molar-refractivity contribution in [2.24, 2.45) is 0 Å². The topological polar surface area (TPSA) is 43.4 Å². The van der Waals surface area contributed by atoms with Crippen molar-refractivity contribution in [1.29, 1.82) is 0 Å². The van der Waals surface area contributed by atoms with Gasteiger partial charge < -0.3 is 14.6 Å². The maximum atomic E-state index is 13.5. The predicted octanol–water partition coefficient (Wildman–Crippen LogP) is 3.11. The molecule has 1 aromatic heterocycles. The van der Waals surface area contributed by atoms with Crippen LogP contribution >= 0.6 is 11.6 Å². The molecule has 120 valence electrons. The molecule has 4 nitrogen and oxygen atoms in total. The Morgan fingerprint density at radius 3 is 2.45 bits per heavy atom. The molecule has 1 aromatic rings. The number of hydrogen-bond donors (Lipinski definition) is 1. The van der Waals surface area contributed by atoms with Gasteiger partial charge in [0.15, 0.2) is 11.0 Å². The van der Waals surface area contributed by atoms with Crippen molar-refractivity contribution < 1.29 is 13.7 Å². The Balaban J connectivity index is 2.31. The molecule has 0 radical (unpaired) electrons. The molecule has 1 saturated heterocycles. The van der Waals surface area contributed by atoms with Gasteiger partial charge in [-0.05, 0) is 51.8 Å². The van der Waals surface area contributed by atoms with E-state index >= 15 is 0 Å². The van der Waals surface area contributed by atoms with Crippen LogP contribution in [0.2, 0.25) is 5.15 Å². The van der Waals surface area contributed by atoms with Gasteiger partial charge in [-0.25, -0.2) is 9.37 Å². The van der Waals surface area contributed by atoms with Gasteiger partial charge in [0.25, 0.3) is 0 Å². The number of nitrogens with one attached hydrogen (secondary N) is 1. The first kappa shape index (κ1) is 17.4. The van der Waals surface area contributed by atoms with Crippen LogP contribution in [0.5, 0.6) is 0 Å². The van der Waals surface area contributed by atoms with Gasteiger partial charge in [0.2, 0.25) is 0 Å². The van der Waals surface area contributed by atoms with Gasteiger partial charge in [-0.15, -0.1) is 0 Å². The van der Waals surface area contributed by atoms with Gasteiger partial charge in [0.1, 0.15) is 0 Å². The molecule has 1 fully saturated rings. The van der Waals surface area contributed by atoms with Gasteiger partial charge in [-0.3, -0.25) is 0 Å². The zero-order valence-corrected chi connectivity index (χ0v) is 14.3. The molecule has 0 bridgehead atoms. The molecule has 0 amide bonds. The molecular weight excluding hydrogens is 305 g/mol. The molecule has 1 aliphatic heterocycles. The van der Waals surface area contributed by atoms with Crippen molar-refractivity contribution in [3.8, 4) is 0 Å². The number of pyridine rings is 1. The zero-order valence-electron chi connectivity index (χ0n) is 13.5. The molecule has 7 heteroatoms. The second-order valence-corrected chi connectivity index (χ2v) is 6.74. The molecule has 0 aromatic carbocycles. The standard InChI is InChI=1S/C15H21BClFN2O2/c1-14(2)15(3,4)22-16(21-14)11(9-19-5)6-10-7-12(18)13(17)20-8-10/h6-8,19H,9H2,1-5H3. The molecule has 0 atom stereocenters. The van der Waals surface area contributed by atoms with Crippen LogP contribution in [-0.2, 0) is 9.31 Å². The Bertz CT molecular complexity index is 577. The van der Waals surface area contributed by atoms with E-state index in [-0.39, 0.29) is 5.15 Å². The lowest BCUT2D eigenvalue weighted by molar-refractivity contribution is 0.00578. The molecule has 0 unspecified atom stereocenters. The summed E-state index contributed by atoms with van der Waals surface area (Å²) in [5, 5.41) is 2.94. The lowest BCUT2D eigenvalue weighted by Crippen LogP contribution is -2.41. The van der Waals surface area contributed by atoms with Crippen LogP contribution < -0.4 is 5.32 Å². The third kappa shape index (κ3) is 3.51. The molecule has 0 saturated carbocycles. The lowest BCUT2D eigenvalue weighted by Gasteiger charge is -2.32. The molecule has 0 spiro atoms. The van der Waals surface area contributed by atoms with Crippen LogP contribution in [0.15, 0.2) is 17.7 Å². The first-order chi connectivity index (χ1) is 10.2. The summed E-state index contributed by atoms with van der Waals surface area (Å²) in [7, 11) is 1.34. The minimum atomic E-state index is -0.548. The third-order valence-corrected chi connectivity index (χ3v) is 4.38. The summed E-state index contributed by atoms with van der Waals surface area (Å²) in [6.45, 7) is 8.53. The minimum absolute atomic E-state index is 0.136. The molecule has 2 rings (SSSR count).